The molecule has 0 bridgehead atoms. The molecule has 0 aromatic heterocycles. The summed E-state index contributed by atoms with van der Waals surface area (Å²) in [4.78, 5) is -3.28. The molecule has 0 aliphatic heterocycles. The van der Waals surface area contributed by atoms with E-state index in [1.54, 1.807) is 45.2 Å². The minimum atomic E-state index is -5.22. The number of phenols is 2. The molecule has 6 aromatic rings. The lowest BCUT2D eigenvalue weighted by molar-refractivity contribution is 0.476. The second-order valence-corrected chi connectivity index (χ2v) is 19.8. The Morgan fingerprint density at radius 2 is 0.776 bits per heavy atom. The molecule has 0 aliphatic carbocycles. The summed E-state index contributed by atoms with van der Waals surface area (Å²) in [6.07, 6.45) is 0. The fourth-order valence-electron chi connectivity index (χ4n) is 5.74. The summed E-state index contributed by atoms with van der Waals surface area (Å²) < 4.78 is 140. The summed E-state index contributed by atoms with van der Waals surface area (Å²) in [6.45, 7) is 0. The van der Waals surface area contributed by atoms with Crippen molar-refractivity contribution in [2.45, 2.75) is 19.6 Å². The van der Waals surface area contributed by atoms with E-state index in [9.17, 15) is 62.1 Å². The predicted octanol–water partition coefficient (Wildman–Crippen LogP) is 7.26. The number of nitrogens with two attached hydrogens (primary N) is 2. The number of benzene rings is 6. The van der Waals surface area contributed by atoms with Crippen LogP contribution in [0.1, 0.15) is 0 Å². The Hall–Kier alpha value is -4.66. The molecule has 0 saturated heterocycles. The highest BCUT2D eigenvalue weighted by molar-refractivity contribution is 14.1. The van der Waals surface area contributed by atoms with Crippen LogP contribution in [0.15, 0.2) is 113 Å². The number of hydrogen-bond acceptors (Lipinski definition) is 16. The van der Waals surface area contributed by atoms with Crippen LogP contribution in [0.4, 0.5) is 34.1 Å². The standard InChI is InChI=1S/C32H22I2N6O14S4/c33-19-7-5-17-25(57(49,50)51)11-21(29(35)27(17)31(19)41)39-37-13-1-3-15(23(9-13)55(43,44)45)16-4-2-14(10-24(16)56(46,47)48)38-40-22-12-26(58(52,53)54)18-6-8-20(34)32(42)28(18)30(22)36/h1-12,41-42H,35-36H2,(H,43,44,45)(H,46,47,48)(H,49,50,51)(H,52,53,54). The summed E-state index contributed by atoms with van der Waals surface area (Å²) in [5.41, 5.74) is 9.39. The van der Waals surface area contributed by atoms with Gasteiger partial charge >= 0.3 is 0 Å². The van der Waals surface area contributed by atoms with Crippen molar-refractivity contribution in [2.75, 3.05) is 11.5 Å². The van der Waals surface area contributed by atoms with Gasteiger partial charge in [-0.2, -0.15) is 43.9 Å². The number of azo groups is 2. The number of anilines is 2. The van der Waals surface area contributed by atoms with Gasteiger partial charge in [0.05, 0.1) is 40.7 Å². The monoisotopic (exact) mass is 1100 g/mol. The lowest BCUT2D eigenvalue weighted by atomic mass is 10.0. The fourth-order valence-corrected chi connectivity index (χ4v) is 9.50. The van der Waals surface area contributed by atoms with Gasteiger partial charge in [0.2, 0.25) is 0 Å². The van der Waals surface area contributed by atoms with Gasteiger partial charge in [-0.05, 0) is 93.7 Å². The zero-order valence-corrected chi connectivity index (χ0v) is 35.8. The van der Waals surface area contributed by atoms with Gasteiger partial charge < -0.3 is 21.7 Å². The van der Waals surface area contributed by atoms with E-state index in [1.807, 2.05) is 0 Å². The molecule has 302 valence electrons. The molecule has 10 N–H and O–H groups in total. The smallest absolute Gasteiger partial charge is 0.295 e. The number of fused-ring (bicyclic) bond motifs is 2. The zero-order chi connectivity index (χ0) is 42.9. The van der Waals surface area contributed by atoms with Gasteiger partial charge in [0.25, 0.3) is 40.5 Å². The lowest BCUT2D eigenvalue weighted by Gasteiger charge is -2.13. The SMILES string of the molecule is Nc1c(N=Nc2ccc(-c3ccc(N=Nc4cc(S(=O)(=O)O)c5ccc(I)c(O)c5c4N)cc3S(=O)(=O)O)c(S(=O)(=O)O)c2)cc(S(=O)(=O)O)c2ccc(I)c(O)c12. The molecule has 0 radical (unpaired) electrons. The van der Waals surface area contributed by atoms with Crippen LogP contribution in [0.25, 0.3) is 32.7 Å². The van der Waals surface area contributed by atoms with Gasteiger partial charge in [-0.15, -0.1) is 10.2 Å². The largest absolute Gasteiger partial charge is 0.506 e. The third-order valence-corrected chi connectivity index (χ3v) is 13.6. The minimum Gasteiger partial charge on any atom is -0.506 e. The molecule has 20 nitrogen and oxygen atoms in total. The number of rotatable bonds is 9. The van der Waals surface area contributed by atoms with Crippen molar-refractivity contribution in [1.29, 1.82) is 0 Å². The number of halogens is 2. The summed E-state index contributed by atoms with van der Waals surface area (Å²) in [5.74, 6) is -0.867. The zero-order valence-electron chi connectivity index (χ0n) is 28.2. The minimum absolute atomic E-state index is 0.142. The van der Waals surface area contributed by atoms with Crippen LogP contribution >= 0.6 is 45.2 Å². The Morgan fingerprint density at radius 3 is 1.09 bits per heavy atom. The molecule has 0 spiro atoms. The highest BCUT2D eigenvalue weighted by Crippen LogP contribution is 2.45. The molecule has 58 heavy (non-hydrogen) atoms. The number of hydrogen-bond donors (Lipinski definition) is 8. The molecule has 0 saturated carbocycles. The van der Waals surface area contributed by atoms with E-state index in [-0.39, 0.29) is 62.8 Å². The van der Waals surface area contributed by atoms with Gasteiger partial charge in [-0.25, -0.2) is 0 Å². The molecule has 6 rings (SSSR count). The Bertz CT molecular complexity index is 3090. The van der Waals surface area contributed by atoms with Crippen LogP contribution in [0, 0.1) is 7.14 Å². The van der Waals surface area contributed by atoms with Crippen molar-refractivity contribution in [2.24, 2.45) is 20.5 Å². The fraction of sp³-hybridized carbons (Fsp3) is 0. The molecular formula is C32H22I2N6O14S4. The van der Waals surface area contributed by atoms with E-state index in [2.05, 4.69) is 20.5 Å². The first-order valence-corrected chi connectivity index (χ1v) is 23.2. The molecule has 0 atom stereocenters. The van der Waals surface area contributed by atoms with Gasteiger partial charge in [-0.3, -0.25) is 18.2 Å². The maximum Gasteiger partial charge on any atom is 0.295 e. The maximum atomic E-state index is 12.6. The van der Waals surface area contributed by atoms with Crippen LogP contribution in [-0.4, -0.2) is 62.1 Å². The van der Waals surface area contributed by atoms with Crippen molar-refractivity contribution in [3.05, 3.63) is 79.9 Å². The molecule has 0 heterocycles. The van der Waals surface area contributed by atoms with Crippen molar-refractivity contribution in [1.82, 2.24) is 0 Å². The first-order chi connectivity index (χ1) is 26.8. The number of aromatic hydroxyl groups is 2. The first kappa shape index (κ1) is 42.9. The summed E-state index contributed by atoms with van der Waals surface area (Å²) in [6, 6.07) is 12.7. The van der Waals surface area contributed by atoms with E-state index in [1.165, 1.54) is 24.3 Å². The topological polar surface area (TPSA) is 359 Å². The van der Waals surface area contributed by atoms with E-state index in [0.29, 0.717) is 0 Å². The predicted molar refractivity (Wildman–Crippen MR) is 225 cm³/mol. The Kier molecular flexibility index (Phi) is 11.2. The Balaban J connectivity index is 1.46. The molecule has 6 aromatic carbocycles. The molecule has 26 heteroatoms. The average Bonchev–Trinajstić information content (AvgIpc) is 3.12. The van der Waals surface area contributed by atoms with E-state index < -0.39 is 82.7 Å². The van der Waals surface area contributed by atoms with Crippen molar-refractivity contribution >= 4 is 141 Å². The van der Waals surface area contributed by atoms with Gasteiger partial charge in [0, 0.05) is 21.9 Å². The van der Waals surface area contributed by atoms with Crippen LogP contribution in [0.3, 0.4) is 0 Å². The van der Waals surface area contributed by atoms with Gasteiger partial charge in [0.15, 0.2) is 0 Å². The first-order valence-electron chi connectivity index (χ1n) is 15.3. The van der Waals surface area contributed by atoms with E-state index in [4.69, 9.17) is 11.5 Å². The molecule has 0 amide bonds. The van der Waals surface area contributed by atoms with Gasteiger partial charge in [-0.1, -0.05) is 24.3 Å². The second kappa shape index (κ2) is 15.2. The highest BCUT2D eigenvalue weighted by atomic mass is 127. The van der Waals surface area contributed by atoms with Gasteiger partial charge in [0.1, 0.15) is 42.5 Å². The lowest BCUT2D eigenvalue weighted by Crippen LogP contribution is -2.05. The van der Waals surface area contributed by atoms with Crippen molar-refractivity contribution < 1.29 is 62.1 Å². The summed E-state index contributed by atoms with van der Waals surface area (Å²) in [7, 11) is -20.3. The normalized spacial score (nSPS) is 13.0. The molecule has 0 unspecified atom stereocenters. The van der Waals surface area contributed by atoms with Crippen LogP contribution in [0.5, 0.6) is 11.5 Å². The summed E-state index contributed by atoms with van der Waals surface area (Å²) in [5, 5.41) is 36.1. The van der Waals surface area contributed by atoms with Crippen molar-refractivity contribution in [3.63, 3.8) is 0 Å². The highest BCUT2D eigenvalue weighted by Gasteiger charge is 2.26. The molecular weight excluding hydrogens is 1070 g/mol. The number of phenolic OH excluding ortho intramolecular Hbond substituents is 2. The van der Waals surface area contributed by atoms with Crippen LogP contribution < -0.4 is 11.5 Å². The second-order valence-electron chi connectivity index (χ2n) is 11.9. The Labute approximate surface area is 354 Å². The van der Waals surface area contributed by atoms with Crippen molar-refractivity contribution in [3.8, 4) is 22.6 Å². The quantitative estimate of drug-likeness (QED) is 0.0305. The third-order valence-electron chi connectivity index (χ3n) is 8.29. The molecule has 0 fully saturated rings. The molecule has 0 aliphatic rings. The average molecular weight is 1100 g/mol. The summed E-state index contributed by atoms with van der Waals surface area (Å²) >= 11 is 3.51. The Morgan fingerprint density at radius 1 is 0.448 bits per heavy atom. The maximum absolute atomic E-state index is 12.6. The van der Waals surface area contributed by atoms with E-state index >= 15 is 0 Å². The van der Waals surface area contributed by atoms with E-state index in [0.717, 1.165) is 48.5 Å². The number of nitrogens with zero attached hydrogens (tertiary/aromatic N) is 4. The number of nitrogen functional groups attached to an aromatic ring is 2. The third kappa shape index (κ3) is 8.28. The van der Waals surface area contributed by atoms with Crippen LogP contribution in [-0.2, 0) is 40.5 Å². The van der Waals surface area contributed by atoms with Crippen LogP contribution in [0.2, 0.25) is 0 Å².